The lowest BCUT2D eigenvalue weighted by Gasteiger charge is -2.05. The average molecular weight is 412 g/mol. The van der Waals surface area contributed by atoms with Crippen molar-refractivity contribution in [3.8, 4) is 5.69 Å². The monoisotopic (exact) mass is 412 g/mol. The summed E-state index contributed by atoms with van der Waals surface area (Å²) in [6, 6.07) is 10.2. The number of carbonyl (C=O) groups excluding carboxylic acids is 1. The first kappa shape index (κ1) is 19.0. The lowest BCUT2D eigenvalue weighted by atomic mass is 10.0. The smallest absolute Gasteiger partial charge is 0.256 e. The van der Waals surface area contributed by atoms with E-state index >= 15 is 0 Å². The molecule has 7 nitrogen and oxygen atoms in total. The van der Waals surface area contributed by atoms with Crippen LogP contribution in [0.3, 0.4) is 0 Å². The number of benzene rings is 2. The summed E-state index contributed by atoms with van der Waals surface area (Å²) in [6.07, 6.45) is 1.67. The van der Waals surface area contributed by atoms with Gasteiger partial charge in [0.1, 0.15) is 5.82 Å². The third-order valence-corrected chi connectivity index (χ3v) is 5.72. The molecule has 0 unspecified atom stereocenters. The van der Waals surface area contributed by atoms with Gasteiger partial charge in [0.05, 0.1) is 16.3 Å². The van der Waals surface area contributed by atoms with Gasteiger partial charge in [-0.3, -0.25) is 4.79 Å². The summed E-state index contributed by atoms with van der Waals surface area (Å²) in [5.41, 5.74) is 4.10. The van der Waals surface area contributed by atoms with Crippen LogP contribution in [0.4, 0.5) is 10.1 Å². The highest BCUT2D eigenvalue weighted by Crippen LogP contribution is 2.35. The van der Waals surface area contributed by atoms with Crippen molar-refractivity contribution in [2.24, 2.45) is 5.14 Å². The second-order valence-electron chi connectivity index (χ2n) is 6.74. The molecule has 4 rings (SSSR count). The summed E-state index contributed by atoms with van der Waals surface area (Å²) >= 11 is 0. The number of fused-ring (bicyclic) bond motifs is 1. The Labute approximate surface area is 166 Å². The van der Waals surface area contributed by atoms with Crippen LogP contribution in [-0.2, 0) is 14.8 Å². The Hall–Kier alpha value is -3.30. The molecule has 2 heterocycles. The van der Waals surface area contributed by atoms with Gasteiger partial charge in [0.2, 0.25) is 10.0 Å². The third-order valence-electron chi connectivity index (χ3n) is 4.81. The number of aryl methyl sites for hydroxylation is 1. The van der Waals surface area contributed by atoms with E-state index in [1.165, 1.54) is 30.3 Å². The number of anilines is 1. The largest absolute Gasteiger partial charge is 0.321 e. The maximum Gasteiger partial charge on any atom is 0.256 e. The topological polar surface area (TPSA) is 107 Å². The maximum absolute atomic E-state index is 13.2. The number of carbonyl (C=O) groups is 1. The van der Waals surface area contributed by atoms with E-state index in [1.807, 2.05) is 6.92 Å². The standard InChI is InChI=1S/C20H17FN4O3S/c1-11-16(12(2)25(24-11)14-5-3-13(21)4-6-14)10-18-17-9-15(29(22,27)28)7-8-19(17)23-20(18)26/h3-10H,1-2H3,(H,23,26)(H2,22,27,28). The Morgan fingerprint density at radius 1 is 1.14 bits per heavy atom. The fourth-order valence-electron chi connectivity index (χ4n) is 3.33. The normalized spacial score (nSPS) is 14.9. The van der Waals surface area contributed by atoms with Gasteiger partial charge in [0.15, 0.2) is 0 Å². The van der Waals surface area contributed by atoms with Crippen molar-refractivity contribution in [1.82, 2.24) is 9.78 Å². The zero-order chi connectivity index (χ0) is 20.9. The first-order chi connectivity index (χ1) is 13.6. The summed E-state index contributed by atoms with van der Waals surface area (Å²) < 4.78 is 38.3. The number of rotatable bonds is 3. The molecule has 0 fully saturated rings. The first-order valence-electron chi connectivity index (χ1n) is 8.67. The number of primary sulfonamides is 1. The van der Waals surface area contributed by atoms with Crippen molar-refractivity contribution < 1.29 is 17.6 Å². The van der Waals surface area contributed by atoms with Crippen molar-refractivity contribution in [2.75, 3.05) is 5.32 Å². The molecule has 1 amide bonds. The van der Waals surface area contributed by atoms with Crippen LogP contribution < -0.4 is 10.5 Å². The highest BCUT2D eigenvalue weighted by atomic mass is 32.2. The lowest BCUT2D eigenvalue weighted by Crippen LogP contribution is -2.12. The SMILES string of the molecule is Cc1nn(-c2ccc(F)cc2)c(C)c1C=C1C(=O)Nc2ccc(S(N)(=O)=O)cc21. The van der Waals surface area contributed by atoms with Crippen molar-refractivity contribution in [3.63, 3.8) is 0 Å². The zero-order valence-electron chi connectivity index (χ0n) is 15.6. The van der Waals surface area contributed by atoms with Crippen molar-refractivity contribution in [1.29, 1.82) is 0 Å². The van der Waals surface area contributed by atoms with E-state index < -0.39 is 10.0 Å². The summed E-state index contributed by atoms with van der Waals surface area (Å²) in [6.45, 7) is 3.64. The molecule has 1 aliphatic rings. The lowest BCUT2D eigenvalue weighted by molar-refractivity contribution is -0.110. The van der Waals surface area contributed by atoms with Gasteiger partial charge in [-0.25, -0.2) is 22.6 Å². The van der Waals surface area contributed by atoms with Crippen molar-refractivity contribution in [3.05, 3.63) is 70.8 Å². The molecule has 0 aliphatic carbocycles. The second kappa shape index (κ2) is 6.64. The molecule has 3 aromatic rings. The Bertz CT molecular complexity index is 1290. The van der Waals surface area contributed by atoms with Crippen LogP contribution in [0.2, 0.25) is 0 Å². The van der Waals surface area contributed by atoms with E-state index in [4.69, 9.17) is 5.14 Å². The average Bonchev–Trinajstić information content (AvgIpc) is 3.12. The van der Waals surface area contributed by atoms with E-state index in [2.05, 4.69) is 10.4 Å². The van der Waals surface area contributed by atoms with Crippen molar-refractivity contribution in [2.45, 2.75) is 18.7 Å². The second-order valence-corrected chi connectivity index (χ2v) is 8.30. The number of hydrogen-bond donors (Lipinski definition) is 2. The molecular formula is C20H17FN4O3S. The molecule has 0 radical (unpaired) electrons. The molecule has 2 aromatic carbocycles. The Kier molecular flexibility index (Phi) is 4.36. The molecule has 29 heavy (non-hydrogen) atoms. The van der Waals surface area contributed by atoms with Crippen LogP contribution in [0.25, 0.3) is 17.3 Å². The fraction of sp³-hybridized carbons (Fsp3) is 0.100. The van der Waals surface area contributed by atoms with Crippen LogP contribution in [0.1, 0.15) is 22.5 Å². The number of sulfonamides is 1. The van der Waals surface area contributed by atoms with Gasteiger partial charge in [-0.15, -0.1) is 0 Å². The number of nitrogens with zero attached hydrogens (tertiary/aromatic N) is 2. The summed E-state index contributed by atoms with van der Waals surface area (Å²) in [5, 5.41) is 12.4. The predicted molar refractivity (Wildman–Crippen MR) is 107 cm³/mol. The molecule has 0 spiro atoms. The molecular weight excluding hydrogens is 395 g/mol. The quantitative estimate of drug-likeness (QED) is 0.645. The molecule has 0 saturated heterocycles. The summed E-state index contributed by atoms with van der Waals surface area (Å²) in [7, 11) is -3.90. The predicted octanol–water partition coefficient (Wildman–Crippen LogP) is 2.77. The van der Waals surface area contributed by atoms with Gasteiger partial charge < -0.3 is 5.32 Å². The van der Waals surface area contributed by atoms with Crippen LogP contribution in [-0.4, -0.2) is 24.1 Å². The summed E-state index contributed by atoms with van der Waals surface area (Å²) in [5.74, 6) is -0.692. The van der Waals surface area contributed by atoms with Crippen LogP contribution in [0.5, 0.6) is 0 Å². The van der Waals surface area contributed by atoms with Crippen LogP contribution in [0.15, 0.2) is 47.4 Å². The molecule has 0 saturated carbocycles. The van der Waals surface area contributed by atoms with Gasteiger partial charge in [-0.05, 0) is 62.4 Å². The molecule has 9 heteroatoms. The number of amides is 1. The third kappa shape index (κ3) is 3.34. The van der Waals surface area contributed by atoms with Gasteiger partial charge in [-0.2, -0.15) is 5.10 Å². The van der Waals surface area contributed by atoms with Crippen LogP contribution >= 0.6 is 0 Å². The van der Waals surface area contributed by atoms with E-state index in [0.29, 0.717) is 33.8 Å². The first-order valence-corrected chi connectivity index (χ1v) is 10.2. The van der Waals surface area contributed by atoms with Crippen molar-refractivity contribution >= 4 is 33.3 Å². The summed E-state index contributed by atoms with van der Waals surface area (Å²) in [4.78, 5) is 12.4. The van der Waals surface area contributed by atoms with E-state index in [1.54, 1.807) is 29.8 Å². The van der Waals surface area contributed by atoms with Gasteiger partial charge in [-0.1, -0.05) is 0 Å². The Morgan fingerprint density at radius 3 is 2.48 bits per heavy atom. The number of nitrogens with two attached hydrogens (primary N) is 1. The molecule has 0 atom stereocenters. The fourth-order valence-corrected chi connectivity index (χ4v) is 3.87. The minimum Gasteiger partial charge on any atom is -0.321 e. The van der Waals surface area contributed by atoms with Gasteiger partial charge in [0.25, 0.3) is 5.91 Å². The molecule has 1 aliphatic heterocycles. The number of aromatic nitrogens is 2. The molecule has 1 aromatic heterocycles. The highest BCUT2D eigenvalue weighted by Gasteiger charge is 2.27. The molecule has 3 N–H and O–H groups in total. The van der Waals surface area contributed by atoms with E-state index in [9.17, 15) is 17.6 Å². The Balaban J connectivity index is 1.84. The van der Waals surface area contributed by atoms with E-state index in [-0.39, 0.29) is 16.6 Å². The Morgan fingerprint density at radius 2 is 1.83 bits per heavy atom. The van der Waals surface area contributed by atoms with Gasteiger partial charge in [0, 0.05) is 28.1 Å². The van der Waals surface area contributed by atoms with Gasteiger partial charge >= 0.3 is 0 Å². The highest BCUT2D eigenvalue weighted by molar-refractivity contribution is 7.89. The van der Waals surface area contributed by atoms with Crippen LogP contribution in [0, 0.1) is 19.7 Å². The molecule has 148 valence electrons. The van der Waals surface area contributed by atoms with E-state index in [0.717, 1.165) is 5.69 Å². The molecule has 0 bridgehead atoms. The number of halogens is 1. The minimum absolute atomic E-state index is 0.0749. The zero-order valence-corrected chi connectivity index (χ0v) is 16.4. The number of nitrogens with one attached hydrogen (secondary N) is 1. The minimum atomic E-state index is -3.90. The number of hydrogen-bond acceptors (Lipinski definition) is 4. The maximum atomic E-state index is 13.2.